The van der Waals surface area contributed by atoms with E-state index < -0.39 is 0 Å². The van der Waals surface area contributed by atoms with E-state index in [1.165, 1.54) is 13.2 Å². The van der Waals surface area contributed by atoms with Crippen molar-refractivity contribution >= 4 is 5.96 Å². The van der Waals surface area contributed by atoms with Crippen LogP contribution in [0, 0.1) is 5.82 Å². The summed E-state index contributed by atoms with van der Waals surface area (Å²) in [6.45, 7) is 3.50. The molecule has 1 aromatic carbocycles. The first-order valence-corrected chi connectivity index (χ1v) is 8.72. The molecule has 2 aliphatic heterocycles. The number of hydrogen-bond donors (Lipinski definition) is 1. The minimum Gasteiger partial charge on any atom is -0.494 e. The SMILES string of the molecule is CN=C(NCc1ccc(OC)c(F)c1)N1CCOC(C2CCCO2)C1. The molecule has 3 rings (SSSR count). The van der Waals surface area contributed by atoms with Crippen LogP contribution in [0.5, 0.6) is 5.75 Å². The molecule has 2 heterocycles. The van der Waals surface area contributed by atoms with Gasteiger partial charge in [0.1, 0.15) is 6.10 Å². The molecule has 2 atom stereocenters. The molecule has 138 valence electrons. The zero-order valence-electron chi connectivity index (χ0n) is 14.8. The lowest BCUT2D eigenvalue weighted by Crippen LogP contribution is -2.53. The second-order valence-electron chi connectivity index (χ2n) is 6.28. The Kier molecular flexibility index (Phi) is 6.09. The largest absolute Gasteiger partial charge is 0.494 e. The molecule has 0 aliphatic carbocycles. The fourth-order valence-corrected chi connectivity index (χ4v) is 3.32. The highest BCUT2D eigenvalue weighted by Crippen LogP contribution is 2.21. The number of rotatable bonds is 4. The van der Waals surface area contributed by atoms with E-state index in [2.05, 4.69) is 15.2 Å². The summed E-state index contributed by atoms with van der Waals surface area (Å²) >= 11 is 0. The van der Waals surface area contributed by atoms with Crippen LogP contribution < -0.4 is 10.1 Å². The minimum absolute atomic E-state index is 0.0771. The number of benzene rings is 1. The van der Waals surface area contributed by atoms with Crippen LogP contribution in [0.2, 0.25) is 0 Å². The molecule has 7 heteroatoms. The number of morpholine rings is 1. The Morgan fingerprint density at radius 2 is 2.20 bits per heavy atom. The monoisotopic (exact) mass is 351 g/mol. The predicted octanol–water partition coefficient (Wildman–Crippen LogP) is 1.79. The van der Waals surface area contributed by atoms with Gasteiger partial charge in [0, 0.05) is 33.3 Å². The molecular formula is C18H26FN3O3. The van der Waals surface area contributed by atoms with Gasteiger partial charge < -0.3 is 24.4 Å². The summed E-state index contributed by atoms with van der Waals surface area (Å²) in [6, 6.07) is 4.96. The third-order valence-corrected chi connectivity index (χ3v) is 4.65. The maximum Gasteiger partial charge on any atom is 0.194 e. The van der Waals surface area contributed by atoms with Gasteiger partial charge in [0.05, 0.1) is 19.8 Å². The summed E-state index contributed by atoms with van der Waals surface area (Å²) < 4.78 is 30.4. The fraction of sp³-hybridized carbons (Fsp3) is 0.611. The predicted molar refractivity (Wildman–Crippen MR) is 93.4 cm³/mol. The van der Waals surface area contributed by atoms with Gasteiger partial charge in [-0.15, -0.1) is 0 Å². The van der Waals surface area contributed by atoms with Crippen molar-refractivity contribution in [3.8, 4) is 5.75 Å². The fourth-order valence-electron chi connectivity index (χ4n) is 3.32. The second-order valence-corrected chi connectivity index (χ2v) is 6.28. The molecule has 2 fully saturated rings. The van der Waals surface area contributed by atoms with Crippen molar-refractivity contribution in [3.63, 3.8) is 0 Å². The van der Waals surface area contributed by atoms with Crippen LogP contribution in [-0.2, 0) is 16.0 Å². The van der Waals surface area contributed by atoms with Crippen molar-refractivity contribution < 1.29 is 18.6 Å². The minimum atomic E-state index is -0.360. The van der Waals surface area contributed by atoms with Crippen LogP contribution >= 0.6 is 0 Å². The third-order valence-electron chi connectivity index (χ3n) is 4.65. The molecule has 0 amide bonds. The van der Waals surface area contributed by atoms with Gasteiger partial charge in [0.2, 0.25) is 0 Å². The van der Waals surface area contributed by atoms with Gasteiger partial charge in [-0.3, -0.25) is 4.99 Å². The lowest BCUT2D eigenvalue weighted by atomic mass is 10.1. The van der Waals surface area contributed by atoms with Crippen LogP contribution in [0.25, 0.3) is 0 Å². The standard InChI is InChI=1S/C18H26FN3O3/c1-20-18(21-11-13-5-6-15(23-2)14(19)10-13)22-7-9-25-17(12-22)16-4-3-8-24-16/h5-6,10,16-17H,3-4,7-9,11-12H2,1-2H3,(H,20,21). The van der Waals surface area contributed by atoms with E-state index in [4.69, 9.17) is 14.2 Å². The molecule has 2 unspecified atom stereocenters. The van der Waals surface area contributed by atoms with E-state index >= 15 is 0 Å². The maximum atomic E-state index is 13.8. The molecule has 0 saturated carbocycles. The lowest BCUT2D eigenvalue weighted by molar-refractivity contribution is -0.0817. The lowest BCUT2D eigenvalue weighted by Gasteiger charge is -2.37. The van der Waals surface area contributed by atoms with Gasteiger partial charge in [-0.2, -0.15) is 0 Å². The molecule has 0 spiro atoms. The average molecular weight is 351 g/mol. The first-order valence-electron chi connectivity index (χ1n) is 8.72. The van der Waals surface area contributed by atoms with Gasteiger partial charge >= 0.3 is 0 Å². The first kappa shape index (κ1) is 17.9. The van der Waals surface area contributed by atoms with E-state index in [0.29, 0.717) is 13.2 Å². The van der Waals surface area contributed by atoms with E-state index in [1.807, 2.05) is 6.07 Å². The van der Waals surface area contributed by atoms with E-state index in [1.54, 1.807) is 13.1 Å². The number of aliphatic imine (C=N–C) groups is 1. The Bertz CT molecular complexity index is 605. The number of hydrogen-bond acceptors (Lipinski definition) is 4. The van der Waals surface area contributed by atoms with Gasteiger partial charge in [-0.1, -0.05) is 6.07 Å². The summed E-state index contributed by atoms with van der Waals surface area (Å²) in [6.07, 6.45) is 2.40. The summed E-state index contributed by atoms with van der Waals surface area (Å²) in [5.41, 5.74) is 0.836. The second kappa shape index (κ2) is 8.49. The highest BCUT2D eigenvalue weighted by molar-refractivity contribution is 5.80. The molecule has 0 radical (unpaired) electrons. The highest BCUT2D eigenvalue weighted by atomic mass is 19.1. The summed E-state index contributed by atoms with van der Waals surface area (Å²) in [5, 5.41) is 3.30. The first-order chi connectivity index (χ1) is 12.2. The van der Waals surface area contributed by atoms with Gasteiger partial charge in [0.15, 0.2) is 17.5 Å². The van der Waals surface area contributed by atoms with Crippen LogP contribution in [-0.4, -0.2) is 63.5 Å². The molecule has 1 N–H and O–H groups in total. The molecule has 25 heavy (non-hydrogen) atoms. The quantitative estimate of drug-likeness (QED) is 0.662. The normalized spacial score (nSPS) is 24.4. The Morgan fingerprint density at radius 3 is 2.88 bits per heavy atom. The smallest absolute Gasteiger partial charge is 0.194 e. The Morgan fingerprint density at radius 1 is 1.36 bits per heavy atom. The molecule has 2 saturated heterocycles. The topological polar surface area (TPSA) is 55.3 Å². The van der Waals surface area contributed by atoms with Crippen molar-refractivity contribution in [1.29, 1.82) is 0 Å². The Labute approximate surface area is 148 Å². The Balaban J connectivity index is 1.57. The average Bonchev–Trinajstić information content (AvgIpc) is 3.17. The molecule has 6 nitrogen and oxygen atoms in total. The molecule has 1 aromatic rings. The van der Waals surface area contributed by atoms with Crippen LogP contribution in [0.1, 0.15) is 18.4 Å². The van der Waals surface area contributed by atoms with Gasteiger partial charge in [0.25, 0.3) is 0 Å². The van der Waals surface area contributed by atoms with Crippen LogP contribution in [0.3, 0.4) is 0 Å². The highest BCUT2D eigenvalue weighted by Gasteiger charge is 2.32. The number of ether oxygens (including phenoxy) is 3. The van der Waals surface area contributed by atoms with Gasteiger partial charge in [-0.05, 0) is 30.5 Å². The number of nitrogens with one attached hydrogen (secondary N) is 1. The van der Waals surface area contributed by atoms with Crippen molar-refractivity contribution in [2.75, 3.05) is 40.5 Å². The van der Waals surface area contributed by atoms with Crippen LogP contribution in [0.15, 0.2) is 23.2 Å². The summed E-state index contributed by atoms with van der Waals surface area (Å²) in [4.78, 5) is 6.54. The van der Waals surface area contributed by atoms with Crippen molar-refractivity contribution in [1.82, 2.24) is 10.2 Å². The van der Waals surface area contributed by atoms with Crippen molar-refractivity contribution in [2.24, 2.45) is 4.99 Å². The zero-order chi connectivity index (χ0) is 17.6. The van der Waals surface area contributed by atoms with E-state index in [9.17, 15) is 4.39 Å². The molecular weight excluding hydrogens is 325 g/mol. The molecule has 0 bridgehead atoms. The number of halogens is 1. The number of guanidine groups is 1. The van der Waals surface area contributed by atoms with Crippen LogP contribution in [0.4, 0.5) is 4.39 Å². The Hall–Kier alpha value is -1.86. The number of nitrogens with zero attached hydrogens (tertiary/aromatic N) is 2. The van der Waals surface area contributed by atoms with Crippen molar-refractivity contribution in [2.45, 2.75) is 31.6 Å². The summed E-state index contributed by atoms with van der Waals surface area (Å²) in [7, 11) is 3.22. The summed E-state index contributed by atoms with van der Waals surface area (Å²) in [5.74, 6) is 0.685. The van der Waals surface area contributed by atoms with E-state index in [-0.39, 0.29) is 23.8 Å². The molecule has 0 aromatic heterocycles. The number of methoxy groups -OCH3 is 1. The van der Waals surface area contributed by atoms with Crippen molar-refractivity contribution in [3.05, 3.63) is 29.6 Å². The zero-order valence-corrected chi connectivity index (χ0v) is 14.8. The van der Waals surface area contributed by atoms with E-state index in [0.717, 1.165) is 44.1 Å². The van der Waals surface area contributed by atoms with Gasteiger partial charge in [-0.25, -0.2) is 4.39 Å². The maximum absolute atomic E-state index is 13.8. The molecule has 2 aliphatic rings. The third kappa shape index (κ3) is 4.41.